The Morgan fingerprint density at radius 3 is 2.44 bits per heavy atom. The molecule has 1 aliphatic carbocycles. The highest BCUT2D eigenvalue weighted by atomic mass is 16.2. The van der Waals surface area contributed by atoms with Crippen LogP contribution in [0.1, 0.15) is 48.8 Å². The fourth-order valence-corrected chi connectivity index (χ4v) is 4.80. The van der Waals surface area contributed by atoms with Gasteiger partial charge in [-0.3, -0.25) is 9.69 Å². The predicted octanol–water partition coefficient (Wildman–Crippen LogP) is 4.06. The number of carbonyl (C=O) groups is 1. The Morgan fingerprint density at radius 2 is 1.67 bits per heavy atom. The lowest BCUT2D eigenvalue weighted by atomic mass is 9.78. The second kappa shape index (κ2) is 8.26. The van der Waals surface area contributed by atoms with Crippen LogP contribution >= 0.6 is 0 Å². The van der Waals surface area contributed by atoms with E-state index in [4.69, 9.17) is 0 Å². The van der Waals surface area contributed by atoms with Gasteiger partial charge in [0.1, 0.15) is 0 Å². The molecule has 1 heterocycles. The van der Waals surface area contributed by atoms with Gasteiger partial charge in [0.2, 0.25) is 5.91 Å². The third kappa shape index (κ3) is 3.93. The number of carbonyl (C=O) groups excluding carboxylic acids is 1. The maximum Gasteiger partial charge on any atom is 0.230 e. The Hall–Kier alpha value is -2.13. The molecule has 0 unspecified atom stereocenters. The van der Waals surface area contributed by atoms with Gasteiger partial charge in [-0.1, -0.05) is 67.4 Å². The summed E-state index contributed by atoms with van der Waals surface area (Å²) in [6.45, 7) is 3.98. The van der Waals surface area contributed by atoms with Gasteiger partial charge >= 0.3 is 0 Å². The van der Waals surface area contributed by atoms with Crippen LogP contribution in [-0.4, -0.2) is 30.4 Å². The van der Waals surface area contributed by atoms with Crippen molar-refractivity contribution < 1.29 is 4.79 Å². The van der Waals surface area contributed by atoms with Crippen molar-refractivity contribution in [3.05, 3.63) is 71.3 Å². The topological polar surface area (TPSA) is 32.3 Å². The molecule has 3 nitrogen and oxygen atoms in total. The Morgan fingerprint density at radius 1 is 0.963 bits per heavy atom. The first kappa shape index (κ1) is 18.2. The van der Waals surface area contributed by atoms with Gasteiger partial charge in [0.05, 0.1) is 5.41 Å². The molecule has 0 atom stereocenters. The number of amides is 1. The average Bonchev–Trinajstić information content (AvgIpc) is 3.23. The predicted molar refractivity (Wildman–Crippen MR) is 110 cm³/mol. The van der Waals surface area contributed by atoms with Crippen molar-refractivity contribution >= 4 is 5.91 Å². The molecule has 0 spiro atoms. The normalized spacial score (nSPS) is 18.8. The van der Waals surface area contributed by atoms with E-state index in [1.807, 2.05) is 6.07 Å². The van der Waals surface area contributed by atoms with Gasteiger partial charge in [0.25, 0.3) is 0 Å². The van der Waals surface area contributed by atoms with Crippen molar-refractivity contribution in [1.29, 1.82) is 0 Å². The van der Waals surface area contributed by atoms with E-state index in [9.17, 15) is 4.79 Å². The number of nitrogens with zero attached hydrogens (tertiary/aromatic N) is 1. The summed E-state index contributed by atoms with van der Waals surface area (Å²) in [5.41, 5.74) is 3.84. The molecule has 0 saturated heterocycles. The van der Waals surface area contributed by atoms with Crippen molar-refractivity contribution in [2.45, 2.75) is 50.5 Å². The van der Waals surface area contributed by atoms with Crippen molar-refractivity contribution in [3.63, 3.8) is 0 Å². The first-order valence-electron chi connectivity index (χ1n) is 10.4. The monoisotopic (exact) mass is 362 g/mol. The third-order valence-electron chi connectivity index (χ3n) is 6.36. The molecular weight excluding hydrogens is 332 g/mol. The average molecular weight is 363 g/mol. The Balaban J connectivity index is 1.28. The molecule has 2 aromatic rings. The molecule has 1 saturated carbocycles. The quantitative estimate of drug-likeness (QED) is 0.786. The molecule has 0 radical (unpaired) electrons. The van der Waals surface area contributed by atoms with Gasteiger partial charge in [-0.15, -0.1) is 0 Å². The van der Waals surface area contributed by atoms with Crippen LogP contribution in [0.3, 0.4) is 0 Å². The minimum Gasteiger partial charge on any atom is -0.355 e. The van der Waals surface area contributed by atoms with Crippen molar-refractivity contribution in [2.24, 2.45) is 0 Å². The highest BCUT2D eigenvalue weighted by Crippen LogP contribution is 2.41. The molecule has 1 N–H and O–H groups in total. The maximum absolute atomic E-state index is 13.1. The van der Waals surface area contributed by atoms with Gasteiger partial charge in [-0.25, -0.2) is 0 Å². The van der Waals surface area contributed by atoms with Gasteiger partial charge < -0.3 is 5.32 Å². The summed E-state index contributed by atoms with van der Waals surface area (Å²) < 4.78 is 0. The van der Waals surface area contributed by atoms with Crippen molar-refractivity contribution in [1.82, 2.24) is 10.2 Å². The van der Waals surface area contributed by atoms with Crippen LogP contribution in [0.25, 0.3) is 0 Å². The molecule has 1 amide bonds. The molecule has 1 fully saturated rings. The van der Waals surface area contributed by atoms with Gasteiger partial charge in [0.15, 0.2) is 0 Å². The first-order valence-corrected chi connectivity index (χ1v) is 10.4. The van der Waals surface area contributed by atoms with E-state index in [0.717, 1.165) is 64.7 Å². The molecule has 0 bridgehead atoms. The lowest BCUT2D eigenvalue weighted by Crippen LogP contribution is -2.43. The maximum atomic E-state index is 13.1. The standard InChI is InChI=1S/C24H30N2O/c27-23(24(14-6-7-15-24)22-11-2-1-3-12-22)25-16-8-17-26-18-13-20-9-4-5-10-21(20)19-26/h1-5,9-12H,6-8,13-19H2,(H,25,27). The molecule has 2 aromatic carbocycles. The van der Waals surface area contributed by atoms with E-state index >= 15 is 0 Å². The zero-order valence-corrected chi connectivity index (χ0v) is 16.1. The second-order valence-electron chi connectivity index (χ2n) is 8.06. The van der Waals surface area contributed by atoms with E-state index < -0.39 is 0 Å². The summed E-state index contributed by atoms with van der Waals surface area (Å²) in [6, 6.07) is 19.1. The van der Waals surface area contributed by atoms with E-state index in [-0.39, 0.29) is 11.3 Å². The number of nitrogens with one attached hydrogen (secondary N) is 1. The second-order valence-corrected chi connectivity index (χ2v) is 8.06. The molecule has 1 aliphatic heterocycles. The van der Waals surface area contributed by atoms with Crippen LogP contribution in [0, 0.1) is 0 Å². The number of hydrogen-bond acceptors (Lipinski definition) is 2. The number of hydrogen-bond donors (Lipinski definition) is 1. The molecule has 142 valence electrons. The zero-order valence-electron chi connectivity index (χ0n) is 16.1. The molecule has 2 aliphatic rings. The first-order chi connectivity index (χ1) is 13.3. The fourth-order valence-electron chi connectivity index (χ4n) is 4.80. The largest absolute Gasteiger partial charge is 0.355 e. The van der Waals surface area contributed by atoms with Crippen LogP contribution in [0.4, 0.5) is 0 Å². The van der Waals surface area contributed by atoms with Crippen molar-refractivity contribution in [2.75, 3.05) is 19.6 Å². The number of rotatable bonds is 6. The molecule has 4 rings (SSSR count). The van der Waals surface area contributed by atoms with E-state index in [1.54, 1.807) is 0 Å². The molecule has 3 heteroatoms. The SMILES string of the molecule is O=C(NCCCN1CCc2ccccc2C1)C1(c2ccccc2)CCCC1. The molecular formula is C24H30N2O. The summed E-state index contributed by atoms with van der Waals surface area (Å²) >= 11 is 0. The summed E-state index contributed by atoms with van der Waals surface area (Å²) in [6.07, 6.45) is 6.40. The van der Waals surface area contributed by atoms with E-state index in [2.05, 4.69) is 58.7 Å². The Labute approximate surface area is 162 Å². The van der Waals surface area contributed by atoms with Crippen LogP contribution in [-0.2, 0) is 23.2 Å². The zero-order chi connectivity index (χ0) is 18.5. The number of fused-ring (bicyclic) bond motifs is 1. The summed E-state index contributed by atoms with van der Waals surface area (Å²) in [5, 5.41) is 3.26. The van der Waals surface area contributed by atoms with E-state index in [1.165, 1.54) is 16.7 Å². The van der Waals surface area contributed by atoms with E-state index in [0.29, 0.717) is 0 Å². The number of benzene rings is 2. The Bertz CT molecular complexity index is 765. The minimum absolute atomic E-state index is 0.232. The molecule has 27 heavy (non-hydrogen) atoms. The molecule has 0 aromatic heterocycles. The highest BCUT2D eigenvalue weighted by Gasteiger charge is 2.42. The lowest BCUT2D eigenvalue weighted by Gasteiger charge is -2.30. The van der Waals surface area contributed by atoms with Crippen molar-refractivity contribution in [3.8, 4) is 0 Å². The minimum atomic E-state index is -0.300. The fraction of sp³-hybridized carbons (Fsp3) is 0.458. The third-order valence-corrected chi connectivity index (χ3v) is 6.36. The highest BCUT2D eigenvalue weighted by molar-refractivity contribution is 5.88. The van der Waals surface area contributed by atoms with Crippen LogP contribution in [0.15, 0.2) is 54.6 Å². The van der Waals surface area contributed by atoms with Gasteiger partial charge in [-0.2, -0.15) is 0 Å². The smallest absolute Gasteiger partial charge is 0.230 e. The van der Waals surface area contributed by atoms with Crippen LogP contribution in [0.5, 0.6) is 0 Å². The summed E-state index contributed by atoms with van der Waals surface area (Å²) in [4.78, 5) is 15.6. The van der Waals surface area contributed by atoms with Gasteiger partial charge in [0, 0.05) is 26.2 Å². The Kier molecular flexibility index (Phi) is 5.58. The summed E-state index contributed by atoms with van der Waals surface area (Å²) in [5.74, 6) is 0.232. The lowest BCUT2D eigenvalue weighted by molar-refractivity contribution is -0.126. The summed E-state index contributed by atoms with van der Waals surface area (Å²) in [7, 11) is 0. The van der Waals surface area contributed by atoms with Crippen LogP contribution in [0.2, 0.25) is 0 Å². The van der Waals surface area contributed by atoms with Gasteiger partial charge in [-0.05, 0) is 42.4 Å². The van der Waals surface area contributed by atoms with Crippen LogP contribution < -0.4 is 5.32 Å².